The highest BCUT2D eigenvalue weighted by Crippen LogP contribution is 2.24. The van der Waals surface area contributed by atoms with Crippen LogP contribution >= 0.6 is 11.8 Å². The lowest BCUT2D eigenvalue weighted by atomic mass is 10.2. The Hall–Kier alpha value is -2.56. The monoisotopic (exact) mass is 448 g/mol. The molecule has 0 radical (unpaired) electrons. The number of benzene rings is 2. The minimum absolute atomic E-state index is 0.236. The second-order valence-corrected chi connectivity index (χ2v) is 9.76. The zero-order valence-electron chi connectivity index (χ0n) is 17.3. The van der Waals surface area contributed by atoms with E-state index in [1.807, 2.05) is 35.9 Å². The summed E-state index contributed by atoms with van der Waals surface area (Å²) in [5, 5.41) is 9.32. The summed E-state index contributed by atoms with van der Waals surface area (Å²) in [6.07, 6.45) is 0. The Morgan fingerprint density at radius 2 is 1.63 bits per heavy atom. The van der Waals surface area contributed by atoms with Crippen LogP contribution in [0.25, 0.3) is 11.4 Å². The molecule has 1 aromatic heterocycles. The van der Waals surface area contributed by atoms with Crippen molar-refractivity contribution in [3.63, 3.8) is 0 Å². The zero-order valence-corrected chi connectivity index (χ0v) is 18.9. The van der Waals surface area contributed by atoms with E-state index < -0.39 is 10.0 Å². The Bertz CT molecular complexity index is 1080. The summed E-state index contributed by atoms with van der Waals surface area (Å²) in [5.41, 5.74) is 0.960. The van der Waals surface area contributed by atoms with Crippen molar-refractivity contribution in [2.45, 2.75) is 10.1 Å². The van der Waals surface area contributed by atoms with E-state index in [0.29, 0.717) is 18.1 Å². The fourth-order valence-electron chi connectivity index (χ4n) is 2.64. The first-order chi connectivity index (χ1) is 14.3. The van der Waals surface area contributed by atoms with Crippen LogP contribution in [0, 0.1) is 0 Å². The van der Waals surface area contributed by atoms with E-state index in [4.69, 9.17) is 9.47 Å². The molecule has 30 heavy (non-hydrogen) atoms. The minimum Gasteiger partial charge on any atom is -0.497 e. The molecular formula is C20H24N4O4S2. The molecule has 10 heteroatoms. The second kappa shape index (κ2) is 9.50. The third-order valence-corrected chi connectivity index (χ3v) is 7.18. The largest absolute Gasteiger partial charge is 0.497 e. The normalized spacial score (nSPS) is 11.6. The molecule has 3 rings (SSSR count). The topological polar surface area (TPSA) is 86.6 Å². The third-order valence-electron chi connectivity index (χ3n) is 4.37. The van der Waals surface area contributed by atoms with Gasteiger partial charge in [-0.2, -0.15) is 0 Å². The molecule has 8 nitrogen and oxygen atoms in total. The van der Waals surface area contributed by atoms with E-state index in [-0.39, 0.29) is 4.90 Å². The van der Waals surface area contributed by atoms with Crippen molar-refractivity contribution in [3.8, 4) is 22.9 Å². The van der Waals surface area contributed by atoms with Gasteiger partial charge >= 0.3 is 0 Å². The van der Waals surface area contributed by atoms with Crippen LogP contribution in [0.1, 0.15) is 0 Å². The number of rotatable bonds is 9. The molecule has 0 saturated carbocycles. The Balaban J connectivity index is 1.54. The Labute approximate surface area is 180 Å². The summed E-state index contributed by atoms with van der Waals surface area (Å²) in [7, 11) is 3.13. The van der Waals surface area contributed by atoms with Crippen LogP contribution in [0.4, 0.5) is 0 Å². The lowest BCUT2D eigenvalue weighted by molar-refractivity contribution is 0.343. The van der Waals surface area contributed by atoms with Gasteiger partial charge in [0, 0.05) is 32.5 Å². The van der Waals surface area contributed by atoms with E-state index >= 15 is 0 Å². The number of aromatic nitrogens is 3. The first-order valence-electron chi connectivity index (χ1n) is 9.15. The Morgan fingerprint density at radius 3 is 2.23 bits per heavy atom. The molecule has 0 saturated heterocycles. The predicted octanol–water partition coefficient (Wildman–Crippen LogP) is 2.91. The van der Waals surface area contributed by atoms with Gasteiger partial charge in [-0.3, -0.25) is 0 Å². The average Bonchev–Trinajstić information content (AvgIpc) is 3.12. The predicted molar refractivity (Wildman–Crippen MR) is 117 cm³/mol. The quantitative estimate of drug-likeness (QED) is 0.367. The van der Waals surface area contributed by atoms with Crippen LogP contribution in [-0.2, 0) is 17.1 Å². The standard InChI is InChI=1S/C20H24N4O4S2/c1-23(2)30(25,26)18-11-9-17(10-12-18)28-13-14-29-20-22-21-19(24(20)3)15-5-7-16(27-4)8-6-15/h5-12H,13-14H2,1-4H3. The number of hydrogen-bond donors (Lipinski definition) is 0. The highest BCUT2D eigenvalue weighted by Gasteiger charge is 2.16. The van der Waals surface area contributed by atoms with Gasteiger partial charge in [0.1, 0.15) is 11.5 Å². The molecule has 0 N–H and O–H groups in total. The van der Waals surface area contributed by atoms with Gasteiger partial charge < -0.3 is 14.0 Å². The maximum atomic E-state index is 12.1. The second-order valence-electron chi connectivity index (χ2n) is 6.55. The van der Waals surface area contributed by atoms with Crippen LogP contribution in [-0.4, -0.2) is 61.1 Å². The van der Waals surface area contributed by atoms with Crippen molar-refractivity contribution in [2.24, 2.45) is 7.05 Å². The zero-order chi connectivity index (χ0) is 21.7. The van der Waals surface area contributed by atoms with Gasteiger partial charge in [0.25, 0.3) is 0 Å². The average molecular weight is 449 g/mol. The number of ether oxygens (including phenoxy) is 2. The summed E-state index contributed by atoms with van der Waals surface area (Å²) in [5.74, 6) is 2.86. The van der Waals surface area contributed by atoms with Crippen LogP contribution in [0.3, 0.4) is 0 Å². The maximum absolute atomic E-state index is 12.1. The molecule has 3 aromatic rings. The van der Waals surface area contributed by atoms with Crippen molar-refractivity contribution in [3.05, 3.63) is 48.5 Å². The van der Waals surface area contributed by atoms with E-state index in [1.54, 1.807) is 31.4 Å². The minimum atomic E-state index is -3.44. The lowest BCUT2D eigenvalue weighted by Gasteiger charge is -2.12. The van der Waals surface area contributed by atoms with Crippen molar-refractivity contribution in [1.82, 2.24) is 19.1 Å². The van der Waals surface area contributed by atoms with E-state index in [9.17, 15) is 8.42 Å². The molecule has 2 aromatic carbocycles. The molecule has 0 aliphatic rings. The maximum Gasteiger partial charge on any atom is 0.242 e. The van der Waals surface area contributed by atoms with Crippen LogP contribution in [0.2, 0.25) is 0 Å². The highest BCUT2D eigenvalue weighted by molar-refractivity contribution is 7.99. The van der Waals surface area contributed by atoms with E-state index in [0.717, 1.165) is 22.3 Å². The number of methoxy groups -OCH3 is 1. The molecule has 0 fully saturated rings. The highest BCUT2D eigenvalue weighted by atomic mass is 32.2. The summed E-state index contributed by atoms with van der Waals surface area (Å²) in [4.78, 5) is 0.236. The molecule has 0 aliphatic carbocycles. The van der Waals surface area contributed by atoms with Gasteiger partial charge in [0.2, 0.25) is 10.0 Å². The number of thioether (sulfide) groups is 1. The molecule has 0 aliphatic heterocycles. The smallest absolute Gasteiger partial charge is 0.242 e. The third kappa shape index (κ3) is 4.94. The summed E-state index contributed by atoms with van der Waals surface area (Å²) >= 11 is 1.54. The lowest BCUT2D eigenvalue weighted by Crippen LogP contribution is -2.22. The molecule has 0 amide bonds. The molecule has 0 atom stereocenters. The van der Waals surface area contributed by atoms with Crippen molar-refractivity contribution in [1.29, 1.82) is 0 Å². The number of hydrogen-bond acceptors (Lipinski definition) is 7. The van der Waals surface area contributed by atoms with Crippen molar-refractivity contribution in [2.75, 3.05) is 33.6 Å². The van der Waals surface area contributed by atoms with Crippen molar-refractivity contribution >= 4 is 21.8 Å². The van der Waals surface area contributed by atoms with Crippen LogP contribution in [0.15, 0.2) is 58.6 Å². The number of nitrogens with zero attached hydrogens (tertiary/aromatic N) is 4. The molecule has 0 spiro atoms. The van der Waals surface area contributed by atoms with Gasteiger partial charge in [-0.05, 0) is 48.5 Å². The van der Waals surface area contributed by atoms with Gasteiger partial charge in [0.05, 0.1) is 18.6 Å². The summed E-state index contributed by atoms with van der Waals surface area (Å²) in [6, 6.07) is 14.1. The molecular weight excluding hydrogens is 424 g/mol. The van der Waals surface area contributed by atoms with E-state index in [2.05, 4.69) is 10.2 Å². The SMILES string of the molecule is COc1ccc(-c2nnc(SCCOc3ccc(S(=O)(=O)N(C)C)cc3)n2C)cc1. The van der Waals surface area contributed by atoms with Crippen LogP contribution < -0.4 is 9.47 Å². The van der Waals surface area contributed by atoms with E-state index in [1.165, 1.54) is 30.2 Å². The summed E-state index contributed by atoms with van der Waals surface area (Å²) in [6.45, 7) is 0.454. The summed E-state index contributed by atoms with van der Waals surface area (Å²) < 4.78 is 38.2. The van der Waals surface area contributed by atoms with Gasteiger partial charge in [0.15, 0.2) is 11.0 Å². The first kappa shape index (κ1) is 22.1. The Kier molecular flexibility index (Phi) is 7.01. The molecule has 0 unspecified atom stereocenters. The fraction of sp³-hybridized carbons (Fsp3) is 0.300. The van der Waals surface area contributed by atoms with Crippen LogP contribution in [0.5, 0.6) is 11.5 Å². The van der Waals surface area contributed by atoms with Gasteiger partial charge in [-0.1, -0.05) is 11.8 Å². The molecule has 160 valence electrons. The number of sulfonamides is 1. The Morgan fingerprint density at radius 1 is 1.00 bits per heavy atom. The fourth-order valence-corrected chi connectivity index (χ4v) is 4.27. The first-order valence-corrected chi connectivity index (χ1v) is 11.6. The molecule has 1 heterocycles. The van der Waals surface area contributed by atoms with Crippen molar-refractivity contribution < 1.29 is 17.9 Å². The van der Waals surface area contributed by atoms with Gasteiger partial charge in [-0.25, -0.2) is 12.7 Å². The molecule has 0 bridgehead atoms. The van der Waals surface area contributed by atoms with Gasteiger partial charge in [-0.15, -0.1) is 10.2 Å².